The minimum Gasteiger partial charge on any atom is -0.472 e. The third-order valence-electron chi connectivity index (χ3n) is 2.56. The first-order valence-corrected chi connectivity index (χ1v) is 5.31. The van der Waals surface area contributed by atoms with Gasteiger partial charge in [-0.3, -0.25) is 4.79 Å². The molecule has 1 aromatic rings. The van der Waals surface area contributed by atoms with Crippen LogP contribution in [0.3, 0.4) is 0 Å². The van der Waals surface area contributed by atoms with Crippen molar-refractivity contribution in [1.82, 2.24) is 10.3 Å². The molecule has 3 N–H and O–H groups in total. The Balaban J connectivity index is 2.22. The van der Waals surface area contributed by atoms with Crippen molar-refractivity contribution < 1.29 is 9.53 Å². The van der Waals surface area contributed by atoms with Gasteiger partial charge in [-0.2, -0.15) is 0 Å². The SMILES string of the molecule is Cc1ccc(C(N)=O)c(OC2CCNC2)n1. The average molecular weight is 221 g/mol. The second kappa shape index (κ2) is 4.49. The maximum Gasteiger partial charge on any atom is 0.254 e. The molecule has 0 radical (unpaired) electrons. The Morgan fingerprint density at radius 2 is 2.44 bits per heavy atom. The Kier molecular flexibility index (Phi) is 3.05. The highest BCUT2D eigenvalue weighted by Crippen LogP contribution is 2.18. The van der Waals surface area contributed by atoms with E-state index < -0.39 is 5.91 Å². The Morgan fingerprint density at radius 1 is 1.62 bits per heavy atom. The number of pyridine rings is 1. The second-order valence-corrected chi connectivity index (χ2v) is 3.90. The molecule has 0 spiro atoms. The molecule has 0 aromatic carbocycles. The monoisotopic (exact) mass is 221 g/mol. The van der Waals surface area contributed by atoms with E-state index >= 15 is 0 Å². The molecule has 1 aliphatic heterocycles. The van der Waals surface area contributed by atoms with Gasteiger partial charge in [0.15, 0.2) is 0 Å². The largest absolute Gasteiger partial charge is 0.472 e. The third kappa shape index (κ3) is 2.30. The first-order chi connectivity index (χ1) is 7.66. The van der Waals surface area contributed by atoms with E-state index in [9.17, 15) is 4.79 Å². The summed E-state index contributed by atoms with van der Waals surface area (Å²) in [4.78, 5) is 15.4. The fourth-order valence-electron chi connectivity index (χ4n) is 1.70. The van der Waals surface area contributed by atoms with E-state index in [1.54, 1.807) is 12.1 Å². The van der Waals surface area contributed by atoms with E-state index in [2.05, 4.69) is 10.3 Å². The van der Waals surface area contributed by atoms with Gasteiger partial charge in [0, 0.05) is 12.2 Å². The standard InChI is InChI=1S/C11H15N3O2/c1-7-2-3-9(10(12)15)11(14-7)16-8-4-5-13-6-8/h2-3,8,13H,4-6H2,1H3,(H2,12,15). The molecular weight excluding hydrogens is 206 g/mol. The number of nitrogens with one attached hydrogen (secondary N) is 1. The molecule has 1 fully saturated rings. The average Bonchev–Trinajstić information content (AvgIpc) is 2.70. The number of primary amides is 1. The number of aryl methyl sites for hydroxylation is 1. The van der Waals surface area contributed by atoms with Crippen LogP contribution in [-0.4, -0.2) is 30.1 Å². The van der Waals surface area contributed by atoms with Crippen molar-refractivity contribution in [1.29, 1.82) is 0 Å². The van der Waals surface area contributed by atoms with Gasteiger partial charge in [0.05, 0.1) is 0 Å². The molecular formula is C11H15N3O2. The zero-order valence-corrected chi connectivity index (χ0v) is 9.19. The molecule has 5 heteroatoms. The van der Waals surface area contributed by atoms with Gasteiger partial charge in [-0.05, 0) is 32.0 Å². The molecule has 2 heterocycles. The van der Waals surface area contributed by atoms with Crippen molar-refractivity contribution in [2.45, 2.75) is 19.4 Å². The van der Waals surface area contributed by atoms with Crippen molar-refractivity contribution in [3.8, 4) is 5.88 Å². The Bertz CT molecular complexity index is 400. The highest BCUT2D eigenvalue weighted by atomic mass is 16.5. The zero-order chi connectivity index (χ0) is 11.5. The predicted octanol–water partition coefficient (Wildman–Crippen LogP) is 0.230. The number of ether oxygens (including phenoxy) is 1. The first-order valence-electron chi connectivity index (χ1n) is 5.31. The highest BCUT2D eigenvalue weighted by Gasteiger charge is 2.19. The summed E-state index contributed by atoms with van der Waals surface area (Å²) < 4.78 is 5.67. The molecule has 1 unspecified atom stereocenters. The van der Waals surface area contributed by atoms with E-state index in [0.717, 1.165) is 25.2 Å². The summed E-state index contributed by atoms with van der Waals surface area (Å²) in [6.45, 7) is 3.57. The summed E-state index contributed by atoms with van der Waals surface area (Å²) in [5.41, 5.74) is 6.42. The Labute approximate surface area is 94.0 Å². The molecule has 2 rings (SSSR count). The first kappa shape index (κ1) is 10.9. The van der Waals surface area contributed by atoms with Crippen LogP contribution in [-0.2, 0) is 0 Å². The molecule has 0 bridgehead atoms. The molecule has 1 aliphatic rings. The maximum atomic E-state index is 11.2. The minimum absolute atomic E-state index is 0.0763. The number of nitrogens with two attached hydrogens (primary N) is 1. The van der Waals surface area contributed by atoms with Crippen LogP contribution in [0, 0.1) is 6.92 Å². The van der Waals surface area contributed by atoms with E-state index in [0.29, 0.717) is 11.4 Å². The fraction of sp³-hybridized carbons (Fsp3) is 0.455. The van der Waals surface area contributed by atoms with E-state index in [1.807, 2.05) is 6.92 Å². The number of aromatic nitrogens is 1. The van der Waals surface area contributed by atoms with Gasteiger partial charge in [0.1, 0.15) is 11.7 Å². The van der Waals surface area contributed by atoms with E-state index in [4.69, 9.17) is 10.5 Å². The molecule has 0 aliphatic carbocycles. The van der Waals surface area contributed by atoms with Gasteiger partial charge in [-0.1, -0.05) is 0 Å². The lowest BCUT2D eigenvalue weighted by molar-refractivity contribution is 0.0992. The van der Waals surface area contributed by atoms with Crippen LogP contribution >= 0.6 is 0 Å². The van der Waals surface area contributed by atoms with Gasteiger partial charge < -0.3 is 15.8 Å². The van der Waals surface area contributed by atoms with Crippen LogP contribution in [0.2, 0.25) is 0 Å². The Morgan fingerprint density at radius 3 is 3.06 bits per heavy atom. The number of nitrogens with zero attached hydrogens (tertiary/aromatic N) is 1. The summed E-state index contributed by atoms with van der Waals surface area (Å²) in [6, 6.07) is 3.40. The normalized spacial score (nSPS) is 19.7. The van der Waals surface area contributed by atoms with Crippen molar-refractivity contribution in [2.24, 2.45) is 5.73 Å². The number of amides is 1. The minimum atomic E-state index is -0.506. The lowest BCUT2D eigenvalue weighted by atomic mass is 10.2. The molecule has 1 atom stereocenters. The number of carbonyl (C=O) groups is 1. The molecule has 16 heavy (non-hydrogen) atoms. The summed E-state index contributed by atoms with van der Waals surface area (Å²) in [6.07, 6.45) is 1.00. The van der Waals surface area contributed by atoms with Gasteiger partial charge in [-0.25, -0.2) is 4.98 Å². The van der Waals surface area contributed by atoms with Crippen molar-refractivity contribution >= 4 is 5.91 Å². The maximum absolute atomic E-state index is 11.2. The second-order valence-electron chi connectivity index (χ2n) is 3.90. The van der Waals surface area contributed by atoms with Crippen LogP contribution in [0.1, 0.15) is 22.5 Å². The van der Waals surface area contributed by atoms with Gasteiger partial charge in [-0.15, -0.1) is 0 Å². The van der Waals surface area contributed by atoms with Crippen LogP contribution < -0.4 is 15.8 Å². The van der Waals surface area contributed by atoms with Crippen LogP contribution in [0.15, 0.2) is 12.1 Å². The lowest BCUT2D eigenvalue weighted by Gasteiger charge is -2.13. The predicted molar refractivity (Wildman–Crippen MR) is 59.4 cm³/mol. The summed E-state index contributed by atoms with van der Waals surface area (Å²) >= 11 is 0. The summed E-state index contributed by atoms with van der Waals surface area (Å²) in [7, 11) is 0. The summed E-state index contributed by atoms with van der Waals surface area (Å²) in [5.74, 6) is -0.158. The molecule has 1 amide bonds. The van der Waals surface area contributed by atoms with Crippen LogP contribution in [0.4, 0.5) is 0 Å². The molecule has 0 saturated carbocycles. The highest BCUT2D eigenvalue weighted by molar-refractivity contribution is 5.95. The molecule has 1 aromatic heterocycles. The number of carbonyl (C=O) groups excluding carboxylic acids is 1. The number of hydrogen-bond acceptors (Lipinski definition) is 4. The van der Waals surface area contributed by atoms with Crippen molar-refractivity contribution in [3.63, 3.8) is 0 Å². The van der Waals surface area contributed by atoms with Gasteiger partial charge in [0.25, 0.3) is 5.91 Å². The lowest BCUT2D eigenvalue weighted by Crippen LogP contribution is -2.23. The zero-order valence-electron chi connectivity index (χ0n) is 9.19. The number of rotatable bonds is 3. The fourth-order valence-corrected chi connectivity index (χ4v) is 1.70. The third-order valence-corrected chi connectivity index (χ3v) is 2.56. The van der Waals surface area contributed by atoms with Crippen LogP contribution in [0.5, 0.6) is 5.88 Å². The number of hydrogen-bond donors (Lipinski definition) is 2. The van der Waals surface area contributed by atoms with E-state index in [-0.39, 0.29) is 6.10 Å². The van der Waals surface area contributed by atoms with Gasteiger partial charge >= 0.3 is 0 Å². The quantitative estimate of drug-likeness (QED) is 0.766. The molecule has 5 nitrogen and oxygen atoms in total. The smallest absolute Gasteiger partial charge is 0.254 e. The van der Waals surface area contributed by atoms with E-state index in [1.165, 1.54) is 0 Å². The Hall–Kier alpha value is -1.62. The summed E-state index contributed by atoms with van der Waals surface area (Å²) in [5, 5.41) is 3.19. The van der Waals surface area contributed by atoms with Crippen LogP contribution in [0.25, 0.3) is 0 Å². The topological polar surface area (TPSA) is 77.2 Å². The molecule has 1 saturated heterocycles. The molecule has 86 valence electrons. The van der Waals surface area contributed by atoms with Gasteiger partial charge in [0.2, 0.25) is 5.88 Å². The van der Waals surface area contributed by atoms with Crippen molar-refractivity contribution in [3.05, 3.63) is 23.4 Å². The van der Waals surface area contributed by atoms with Crippen molar-refractivity contribution in [2.75, 3.05) is 13.1 Å².